The van der Waals surface area contributed by atoms with Crippen molar-refractivity contribution in [3.63, 3.8) is 0 Å². The standard InChI is InChI=1S/C20H27NO4/c1-5-21(6-2)17(22)13-9-11-12(7-10-8-14(11)20(10,3)4)15-16(13)19(24)25-18(15)23/h9-10,12-16H,5-8H2,1-4H3/t10-,12+,13+,14+,15-,16-/m1/s1. The molecule has 4 aliphatic carbocycles. The highest BCUT2D eigenvalue weighted by Crippen LogP contribution is 2.66. The SMILES string of the molecule is CCN(CC)C(=O)[C@H]1C=C2[C@H](C[C@@H]3C[C@@H]2C3(C)C)[C@H]2C(=O)OC(=O)[C@@H]21. The van der Waals surface area contributed by atoms with Crippen LogP contribution in [0.25, 0.3) is 0 Å². The third kappa shape index (κ3) is 2.10. The summed E-state index contributed by atoms with van der Waals surface area (Å²) in [7, 11) is 0. The van der Waals surface area contributed by atoms with Gasteiger partial charge in [0.15, 0.2) is 0 Å². The van der Waals surface area contributed by atoms with Gasteiger partial charge in [0.2, 0.25) is 5.91 Å². The van der Waals surface area contributed by atoms with Crippen molar-refractivity contribution in [3.8, 4) is 0 Å². The minimum absolute atomic E-state index is 0.0446. The Balaban J connectivity index is 1.77. The molecule has 5 aliphatic rings. The average Bonchev–Trinajstić information content (AvgIpc) is 2.89. The van der Waals surface area contributed by atoms with Crippen LogP contribution in [0.4, 0.5) is 0 Å². The normalized spacial score (nSPS) is 40.4. The zero-order chi connectivity index (χ0) is 18.1. The number of hydrogen-bond acceptors (Lipinski definition) is 4. The van der Waals surface area contributed by atoms with E-state index in [4.69, 9.17) is 4.74 Å². The first kappa shape index (κ1) is 16.8. The first-order valence-electron chi connectivity index (χ1n) is 9.57. The summed E-state index contributed by atoms with van der Waals surface area (Å²) in [5.74, 6) is -1.50. The number of nitrogens with zero attached hydrogens (tertiary/aromatic N) is 1. The molecule has 5 rings (SSSR count). The van der Waals surface area contributed by atoms with E-state index >= 15 is 0 Å². The van der Waals surface area contributed by atoms with Gasteiger partial charge in [0.1, 0.15) is 0 Å². The van der Waals surface area contributed by atoms with Crippen molar-refractivity contribution in [2.75, 3.05) is 13.1 Å². The molecule has 5 nitrogen and oxygen atoms in total. The van der Waals surface area contributed by atoms with E-state index in [-0.39, 0.29) is 17.2 Å². The third-order valence-electron chi connectivity index (χ3n) is 7.52. The third-order valence-corrected chi connectivity index (χ3v) is 7.52. The lowest BCUT2D eigenvalue weighted by atomic mass is 9.42. The number of cyclic esters (lactones) is 2. The Morgan fingerprint density at radius 3 is 2.40 bits per heavy atom. The van der Waals surface area contributed by atoms with Crippen LogP contribution in [0.1, 0.15) is 40.5 Å². The van der Waals surface area contributed by atoms with E-state index in [2.05, 4.69) is 13.8 Å². The molecule has 0 unspecified atom stereocenters. The van der Waals surface area contributed by atoms with E-state index in [0.717, 1.165) is 12.8 Å². The fraction of sp³-hybridized carbons (Fsp3) is 0.750. The second-order valence-corrected chi connectivity index (χ2v) is 8.64. The Bertz CT molecular complexity index is 675. The summed E-state index contributed by atoms with van der Waals surface area (Å²) < 4.78 is 5.00. The highest BCUT2D eigenvalue weighted by Gasteiger charge is 2.64. The maximum Gasteiger partial charge on any atom is 0.318 e. The van der Waals surface area contributed by atoms with E-state index in [9.17, 15) is 14.4 Å². The lowest BCUT2D eigenvalue weighted by Crippen LogP contribution is -2.56. The molecular formula is C20H27NO4. The fourth-order valence-electron chi connectivity index (χ4n) is 5.87. The molecule has 0 aromatic rings. The monoisotopic (exact) mass is 345 g/mol. The van der Waals surface area contributed by atoms with Gasteiger partial charge in [0, 0.05) is 13.1 Å². The van der Waals surface area contributed by atoms with E-state index in [1.54, 1.807) is 4.90 Å². The number of carbonyl (C=O) groups excluding carboxylic acids is 3. The summed E-state index contributed by atoms with van der Waals surface area (Å²) in [6, 6.07) is 0. The molecule has 0 radical (unpaired) electrons. The van der Waals surface area contributed by atoms with Gasteiger partial charge in [-0.3, -0.25) is 14.4 Å². The first-order valence-corrected chi connectivity index (χ1v) is 9.57. The molecule has 25 heavy (non-hydrogen) atoms. The number of carbonyl (C=O) groups is 3. The average molecular weight is 345 g/mol. The number of ether oxygens (including phenoxy) is 1. The molecule has 136 valence electrons. The van der Waals surface area contributed by atoms with Crippen LogP contribution in [0.15, 0.2) is 11.6 Å². The topological polar surface area (TPSA) is 63.7 Å². The molecule has 6 atom stereocenters. The highest BCUT2D eigenvalue weighted by atomic mass is 16.6. The van der Waals surface area contributed by atoms with Gasteiger partial charge in [0.05, 0.1) is 17.8 Å². The quantitative estimate of drug-likeness (QED) is 0.448. The predicted molar refractivity (Wildman–Crippen MR) is 91.1 cm³/mol. The Morgan fingerprint density at radius 1 is 1.16 bits per heavy atom. The van der Waals surface area contributed by atoms with E-state index < -0.39 is 29.7 Å². The van der Waals surface area contributed by atoms with Gasteiger partial charge in [-0.1, -0.05) is 25.5 Å². The molecular weight excluding hydrogens is 318 g/mol. The van der Waals surface area contributed by atoms with Crippen molar-refractivity contribution in [2.24, 2.45) is 40.9 Å². The number of hydrogen-bond donors (Lipinski definition) is 0. The van der Waals surface area contributed by atoms with Crippen LogP contribution in [0.2, 0.25) is 0 Å². The van der Waals surface area contributed by atoms with Crippen LogP contribution in [0.5, 0.6) is 0 Å². The molecule has 0 N–H and O–H groups in total. The van der Waals surface area contributed by atoms with Gasteiger partial charge in [-0.05, 0) is 49.9 Å². The van der Waals surface area contributed by atoms with Crippen LogP contribution in [-0.4, -0.2) is 35.8 Å². The van der Waals surface area contributed by atoms with Gasteiger partial charge < -0.3 is 9.64 Å². The molecule has 1 heterocycles. The Kier molecular flexibility index (Phi) is 3.64. The molecule has 5 heteroatoms. The van der Waals surface area contributed by atoms with Crippen molar-refractivity contribution < 1.29 is 19.1 Å². The molecule has 1 saturated heterocycles. The Morgan fingerprint density at radius 2 is 1.80 bits per heavy atom. The van der Waals surface area contributed by atoms with E-state index in [1.165, 1.54) is 5.57 Å². The molecule has 1 amide bonds. The molecule has 3 saturated carbocycles. The lowest BCUT2D eigenvalue weighted by molar-refractivity contribution is -0.155. The summed E-state index contributed by atoms with van der Waals surface area (Å²) in [5, 5.41) is 0. The van der Waals surface area contributed by atoms with Crippen LogP contribution in [0.3, 0.4) is 0 Å². The Hall–Kier alpha value is -1.65. The summed E-state index contributed by atoms with van der Waals surface area (Å²) in [5.41, 5.74) is 1.47. The molecule has 2 bridgehead atoms. The van der Waals surface area contributed by atoms with Crippen LogP contribution in [0, 0.1) is 40.9 Å². The Labute approximate surface area is 148 Å². The van der Waals surface area contributed by atoms with Gasteiger partial charge in [0.25, 0.3) is 0 Å². The first-order chi connectivity index (χ1) is 11.8. The van der Waals surface area contributed by atoms with E-state index in [0.29, 0.717) is 24.9 Å². The second kappa shape index (κ2) is 5.42. The molecule has 4 fully saturated rings. The predicted octanol–water partition coefficient (Wildman–Crippen LogP) is 2.41. The number of esters is 2. The van der Waals surface area contributed by atoms with Crippen molar-refractivity contribution in [2.45, 2.75) is 40.5 Å². The summed E-state index contributed by atoms with van der Waals surface area (Å²) in [4.78, 5) is 39.7. The zero-order valence-electron chi connectivity index (χ0n) is 15.5. The highest BCUT2D eigenvalue weighted by molar-refractivity contribution is 6.00. The number of rotatable bonds is 3. The smallest absolute Gasteiger partial charge is 0.318 e. The van der Waals surface area contributed by atoms with Crippen LogP contribution in [-0.2, 0) is 19.1 Å². The minimum atomic E-state index is -0.630. The molecule has 0 spiro atoms. The summed E-state index contributed by atoms with van der Waals surface area (Å²) in [6.45, 7) is 9.67. The number of fused-ring (bicyclic) bond motifs is 1. The zero-order valence-corrected chi connectivity index (χ0v) is 15.5. The fourth-order valence-corrected chi connectivity index (χ4v) is 5.87. The van der Waals surface area contributed by atoms with Crippen molar-refractivity contribution in [1.82, 2.24) is 4.90 Å². The number of allylic oxidation sites excluding steroid dienone is 1. The lowest BCUT2D eigenvalue weighted by Gasteiger charge is -2.62. The maximum absolute atomic E-state index is 13.1. The van der Waals surface area contributed by atoms with Crippen molar-refractivity contribution >= 4 is 17.8 Å². The van der Waals surface area contributed by atoms with Gasteiger partial charge in [-0.2, -0.15) is 0 Å². The van der Waals surface area contributed by atoms with Crippen LogP contribution >= 0.6 is 0 Å². The molecule has 0 aromatic carbocycles. The minimum Gasteiger partial charge on any atom is -0.393 e. The molecule has 1 aliphatic heterocycles. The van der Waals surface area contributed by atoms with Crippen molar-refractivity contribution in [1.29, 1.82) is 0 Å². The van der Waals surface area contributed by atoms with Gasteiger partial charge >= 0.3 is 11.9 Å². The van der Waals surface area contributed by atoms with Crippen LogP contribution < -0.4 is 0 Å². The maximum atomic E-state index is 13.1. The second-order valence-electron chi connectivity index (χ2n) is 8.64. The number of amides is 1. The largest absolute Gasteiger partial charge is 0.393 e. The van der Waals surface area contributed by atoms with Crippen molar-refractivity contribution in [3.05, 3.63) is 11.6 Å². The van der Waals surface area contributed by atoms with Gasteiger partial charge in [-0.15, -0.1) is 0 Å². The summed E-state index contributed by atoms with van der Waals surface area (Å²) in [6.07, 6.45) is 4.13. The molecule has 0 aromatic heterocycles. The summed E-state index contributed by atoms with van der Waals surface area (Å²) >= 11 is 0. The van der Waals surface area contributed by atoms with E-state index in [1.807, 2.05) is 19.9 Å². The van der Waals surface area contributed by atoms with Gasteiger partial charge in [-0.25, -0.2) is 0 Å².